The molecule has 0 aromatic heterocycles. The summed E-state index contributed by atoms with van der Waals surface area (Å²) in [4.78, 5) is 25.2. The van der Waals surface area contributed by atoms with Crippen molar-refractivity contribution in [3.05, 3.63) is 34.9 Å². The third kappa shape index (κ3) is 4.89. The zero-order chi connectivity index (χ0) is 19.7. The monoisotopic (exact) mass is 372 g/mol. The molecule has 0 unspecified atom stereocenters. The molecule has 0 aliphatic carbocycles. The van der Waals surface area contributed by atoms with Gasteiger partial charge in [-0.1, -0.05) is 0 Å². The van der Waals surface area contributed by atoms with Crippen LogP contribution >= 0.6 is 0 Å². The Bertz CT molecular complexity index is 688. The van der Waals surface area contributed by atoms with Gasteiger partial charge in [-0.3, -0.25) is 4.79 Å². The number of carbonyl (C=O) groups excluding carboxylic acids is 2. The third-order valence-corrected chi connectivity index (χ3v) is 4.23. The average Bonchev–Trinajstić information content (AvgIpc) is 2.52. The van der Waals surface area contributed by atoms with E-state index >= 15 is 0 Å². The van der Waals surface area contributed by atoms with Crippen molar-refractivity contribution in [2.75, 3.05) is 13.1 Å². The minimum atomic E-state index is -4.50. The van der Waals surface area contributed by atoms with E-state index in [0.717, 1.165) is 18.2 Å². The van der Waals surface area contributed by atoms with Gasteiger partial charge in [0, 0.05) is 18.7 Å². The minimum absolute atomic E-state index is 0.0914. The van der Waals surface area contributed by atoms with Crippen LogP contribution in [0, 0.1) is 0 Å². The molecule has 0 bridgehead atoms. The number of carbonyl (C=O) groups is 2. The van der Waals surface area contributed by atoms with Crippen molar-refractivity contribution in [3.8, 4) is 0 Å². The first-order chi connectivity index (χ1) is 11.9. The number of nitrogens with zero attached hydrogens (tertiary/aromatic N) is 1. The highest BCUT2D eigenvalue weighted by atomic mass is 19.4. The molecule has 5 nitrogen and oxygen atoms in total. The number of hydrogen-bond donors (Lipinski definition) is 1. The van der Waals surface area contributed by atoms with Crippen molar-refractivity contribution in [2.24, 2.45) is 5.73 Å². The molecular formula is C18H23F3N2O3. The second-order valence-corrected chi connectivity index (χ2v) is 7.41. The van der Waals surface area contributed by atoms with Crippen LogP contribution in [0.5, 0.6) is 0 Å². The lowest BCUT2D eigenvalue weighted by molar-refractivity contribution is -0.137. The van der Waals surface area contributed by atoms with Gasteiger partial charge in [0.15, 0.2) is 0 Å². The first-order valence-corrected chi connectivity index (χ1v) is 8.37. The van der Waals surface area contributed by atoms with E-state index in [1.807, 2.05) is 0 Å². The van der Waals surface area contributed by atoms with Crippen molar-refractivity contribution in [1.82, 2.24) is 4.90 Å². The second kappa shape index (κ2) is 7.17. The van der Waals surface area contributed by atoms with Gasteiger partial charge in [0.1, 0.15) is 5.60 Å². The van der Waals surface area contributed by atoms with Crippen molar-refractivity contribution in [2.45, 2.75) is 51.3 Å². The van der Waals surface area contributed by atoms with Gasteiger partial charge in [-0.25, -0.2) is 4.79 Å². The number of primary amides is 1. The number of rotatable bonds is 2. The van der Waals surface area contributed by atoms with Crippen LogP contribution in [0.4, 0.5) is 18.0 Å². The van der Waals surface area contributed by atoms with E-state index < -0.39 is 29.3 Å². The fraction of sp³-hybridized carbons (Fsp3) is 0.556. The lowest BCUT2D eigenvalue weighted by Gasteiger charge is -2.34. The Morgan fingerprint density at radius 2 is 1.73 bits per heavy atom. The topological polar surface area (TPSA) is 72.6 Å². The van der Waals surface area contributed by atoms with Crippen LogP contribution < -0.4 is 5.73 Å². The summed E-state index contributed by atoms with van der Waals surface area (Å²) >= 11 is 0. The van der Waals surface area contributed by atoms with Crippen molar-refractivity contribution in [1.29, 1.82) is 0 Å². The standard InChI is InChI=1S/C18H23F3N2O3/c1-17(2,3)26-16(25)23-8-6-11(7-9-23)14-10-12(18(19,20)21)4-5-13(14)15(22)24/h4-5,10-11H,6-9H2,1-3H3,(H2,22,24). The molecule has 2 N–H and O–H groups in total. The van der Waals surface area contributed by atoms with Crippen LogP contribution in [0.1, 0.15) is 61.0 Å². The molecule has 1 saturated heterocycles. The summed E-state index contributed by atoms with van der Waals surface area (Å²) in [6, 6.07) is 2.98. The number of hydrogen-bond acceptors (Lipinski definition) is 3. The first kappa shape index (κ1) is 20.1. The van der Waals surface area contributed by atoms with E-state index in [1.165, 1.54) is 4.90 Å². The van der Waals surface area contributed by atoms with E-state index in [-0.39, 0.29) is 17.0 Å². The van der Waals surface area contributed by atoms with Crippen LogP contribution in [-0.4, -0.2) is 35.6 Å². The maximum atomic E-state index is 13.0. The molecule has 8 heteroatoms. The summed E-state index contributed by atoms with van der Waals surface area (Å²) in [5.41, 5.74) is 4.27. The van der Waals surface area contributed by atoms with Crippen LogP contribution in [0.25, 0.3) is 0 Å². The van der Waals surface area contributed by atoms with E-state index in [9.17, 15) is 22.8 Å². The Hall–Kier alpha value is -2.25. The molecule has 0 atom stereocenters. The molecule has 2 rings (SSSR count). The largest absolute Gasteiger partial charge is 0.444 e. The Labute approximate surface area is 150 Å². The predicted molar refractivity (Wildman–Crippen MR) is 89.7 cm³/mol. The molecule has 1 fully saturated rings. The molecule has 0 spiro atoms. The highest BCUT2D eigenvalue weighted by Gasteiger charge is 2.34. The Morgan fingerprint density at radius 1 is 1.15 bits per heavy atom. The van der Waals surface area contributed by atoms with Gasteiger partial charge in [0.2, 0.25) is 5.91 Å². The number of likely N-dealkylation sites (tertiary alicyclic amines) is 1. The number of ether oxygens (including phenoxy) is 1. The molecule has 1 aromatic rings. The summed E-state index contributed by atoms with van der Waals surface area (Å²) in [5.74, 6) is -1.04. The molecule has 1 aliphatic rings. The minimum Gasteiger partial charge on any atom is -0.444 e. The molecule has 26 heavy (non-hydrogen) atoms. The van der Waals surface area contributed by atoms with Crippen LogP contribution in [0.15, 0.2) is 18.2 Å². The summed E-state index contributed by atoms with van der Waals surface area (Å²) in [6.45, 7) is 5.97. The molecule has 0 radical (unpaired) electrons. The lowest BCUT2D eigenvalue weighted by Crippen LogP contribution is -2.41. The number of alkyl halides is 3. The first-order valence-electron chi connectivity index (χ1n) is 8.37. The summed E-state index contributed by atoms with van der Waals surface area (Å²) < 4.78 is 44.3. The number of benzene rings is 1. The Balaban J connectivity index is 2.18. The normalized spacial score (nSPS) is 16.5. The van der Waals surface area contributed by atoms with Crippen LogP contribution in [0.2, 0.25) is 0 Å². The molecule has 1 aromatic carbocycles. The zero-order valence-electron chi connectivity index (χ0n) is 15.0. The van der Waals surface area contributed by atoms with Crippen molar-refractivity contribution >= 4 is 12.0 Å². The molecule has 144 valence electrons. The maximum absolute atomic E-state index is 13.0. The lowest BCUT2D eigenvalue weighted by atomic mass is 9.85. The van der Waals surface area contributed by atoms with Crippen molar-refractivity contribution in [3.63, 3.8) is 0 Å². The van der Waals surface area contributed by atoms with Crippen molar-refractivity contribution < 1.29 is 27.5 Å². The van der Waals surface area contributed by atoms with E-state index in [0.29, 0.717) is 25.9 Å². The van der Waals surface area contributed by atoms with E-state index in [4.69, 9.17) is 10.5 Å². The SMILES string of the molecule is CC(C)(C)OC(=O)N1CCC(c2cc(C(F)(F)F)ccc2C(N)=O)CC1. The molecule has 0 saturated carbocycles. The molecule has 2 amide bonds. The summed E-state index contributed by atoms with van der Waals surface area (Å²) in [5, 5.41) is 0. The number of piperidine rings is 1. The number of nitrogens with two attached hydrogens (primary N) is 1. The Kier molecular flexibility index (Phi) is 5.53. The highest BCUT2D eigenvalue weighted by molar-refractivity contribution is 5.94. The van der Waals surface area contributed by atoms with Gasteiger partial charge in [-0.15, -0.1) is 0 Å². The summed E-state index contributed by atoms with van der Waals surface area (Å²) in [7, 11) is 0. The third-order valence-electron chi connectivity index (χ3n) is 4.23. The second-order valence-electron chi connectivity index (χ2n) is 7.41. The quantitative estimate of drug-likeness (QED) is 0.855. The van der Waals surface area contributed by atoms with Crippen LogP contribution in [-0.2, 0) is 10.9 Å². The molecular weight excluding hydrogens is 349 g/mol. The smallest absolute Gasteiger partial charge is 0.416 e. The maximum Gasteiger partial charge on any atom is 0.416 e. The fourth-order valence-electron chi connectivity index (χ4n) is 3.00. The number of amides is 2. The van der Waals surface area contributed by atoms with E-state index in [1.54, 1.807) is 20.8 Å². The predicted octanol–water partition coefficient (Wildman–Crippen LogP) is 3.92. The molecule has 1 heterocycles. The van der Waals surface area contributed by atoms with Gasteiger partial charge in [-0.05, 0) is 63.3 Å². The zero-order valence-corrected chi connectivity index (χ0v) is 15.0. The number of halogens is 3. The van der Waals surface area contributed by atoms with E-state index in [2.05, 4.69) is 0 Å². The highest BCUT2D eigenvalue weighted by Crippen LogP contribution is 2.36. The average molecular weight is 372 g/mol. The van der Waals surface area contributed by atoms with Gasteiger partial charge in [0.05, 0.1) is 5.56 Å². The van der Waals surface area contributed by atoms with Gasteiger partial charge in [-0.2, -0.15) is 13.2 Å². The van der Waals surface area contributed by atoms with Gasteiger partial charge < -0.3 is 15.4 Å². The van der Waals surface area contributed by atoms with Gasteiger partial charge >= 0.3 is 12.3 Å². The fourth-order valence-corrected chi connectivity index (χ4v) is 3.00. The summed E-state index contributed by atoms with van der Waals surface area (Å²) in [6.07, 6.45) is -4.08. The molecule has 1 aliphatic heterocycles. The Morgan fingerprint density at radius 3 is 2.19 bits per heavy atom. The van der Waals surface area contributed by atoms with Gasteiger partial charge in [0.25, 0.3) is 0 Å². The van der Waals surface area contributed by atoms with Crippen LogP contribution in [0.3, 0.4) is 0 Å².